The van der Waals surface area contributed by atoms with Crippen molar-refractivity contribution in [1.82, 2.24) is 5.32 Å². The van der Waals surface area contributed by atoms with E-state index < -0.39 is 23.7 Å². The SMILES string of the molecule is Cc1ccc(NC(=O)NCCCC(=O)O)cc1C(F)(F)F. The van der Waals surface area contributed by atoms with E-state index in [4.69, 9.17) is 5.11 Å². The molecule has 0 aliphatic heterocycles. The summed E-state index contributed by atoms with van der Waals surface area (Å²) in [5.74, 6) is -0.981. The van der Waals surface area contributed by atoms with Crippen LogP contribution in [0.3, 0.4) is 0 Å². The highest BCUT2D eigenvalue weighted by Gasteiger charge is 2.32. The molecule has 0 bridgehead atoms. The molecule has 0 atom stereocenters. The monoisotopic (exact) mass is 304 g/mol. The van der Waals surface area contributed by atoms with E-state index in [1.807, 2.05) is 0 Å². The van der Waals surface area contributed by atoms with Crippen molar-refractivity contribution in [1.29, 1.82) is 0 Å². The maximum absolute atomic E-state index is 12.7. The molecule has 0 radical (unpaired) electrons. The van der Waals surface area contributed by atoms with Crippen molar-refractivity contribution in [3.05, 3.63) is 29.3 Å². The fraction of sp³-hybridized carbons (Fsp3) is 0.385. The number of carboxylic acids is 1. The predicted octanol–water partition coefficient (Wildman–Crippen LogP) is 3.00. The topological polar surface area (TPSA) is 78.4 Å². The average Bonchev–Trinajstić information content (AvgIpc) is 2.35. The third kappa shape index (κ3) is 5.72. The zero-order valence-corrected chi connectivity index (χ0v) is 11.3. The Hall–Kier alpha value is -2.25. The van der Waals surface area contributed by atoms with Gasteiger partial charge < -0.3 is 15.7 Å². The van der Waals surface area contributed by atoms with Gasteiger partial charge in [0.15, 0.2) is 0 Å². The van der Waals surface area contributed by atoms with Gasteiger partial charge in [-0.2, -0.15) is 13.2 Å². The number of aliphatic carboxylic acids is 1. The minimum absolute atomic E-state index is 0.0173. The normalized spacial score (nSPS) is 11.0. The van der Waals surface area contributed by atoms with Crippen molar-refractivity contribution >= 4 is 17.7 Å². The molecular weight excluding hydrogens is 289 g/mol. The van der Waals surface area contributed by atoms with Gasteiger partial charge in [0.25, 0.3) is 0 Å². The number of rotatable bonds is 5. The van der Waals surface area contributed by atoms with E-state index in [1.165, 1.54) is 19.1 Å². The van der Waals surface area contributed by atoms with Crippen molar-refractivity contribution in [3.63, 3.8) is 0 Å². The third-order valence-corrected chi connectivity index (χ3v) is 2.65. The number of halogens is 3. The van der Waals surface area contributed by atoms with E-state index in [-0.39, 0.29) is 30.6 Å². The Balaban J connectivity index is 2.59. The first-order valence-electron chi connectivity index (χ1n) is 6.14. The zero-order chi connectivity index (χ0) is 16.0. The number of urea groups is 1. The van der Waals surface area contributed by atoms with E-state index in [2.05, 4.69) is 10.6 Å². The number of carbonyl (C=O) groups is 2. The van der Waals surface area contributed by atoms with Crippen molar-refractivity contribution in [3.8, 4) is 0 Å². The average molecular weight is 304 g/mol. The number of hydrogen-bond acceptors (Lipinski definition) is 2. The standard InChI is InChI=1S/C13H15F3N2O3/c1-8-4-5-9(7-10(8)13(14,15)16)18-12(21)17-6-2-3-11(19)20/h4-5,7H,2-3,6H2,1H3,(H,19,20)(H2,17,18,21). The zero-order valence-electron chi connectivity index (χ0n) is 11.3. The van der Waals surface area contributed by atoms with Crippen molar-refractivity contribution in [2.24, 2.45) is 0 Å². The molecule has 21 heavy (non-hydrogen) atoms. The smallest absolute Gasteiger partial charge is 0.416 e. The van der Waals surface area contributed by atoms with Gasteiger partial charge in [0.1, 0.15) is 0 Å². The number of carboxylic acid groups (broad SMARTS) is 1. The molecule has 0 spiro atoms. The fourth-order valence-electron chi connectivity index (χ4n) is 1.62. The van der Waals surface area contributed by atoms with Crippen LogP contribution in [0, 0.1) is 6.92 Å². The molecule has 0 aromatic heterocycles. The molecule has 8 heteroatoms. The summed E-state index contributed by atoms with van der Waals surface area (Å²) in [7, 11) is 0. The first-order valence-corrected chi connectivity index (χ1v) is 6.14. The molecule has 0 unspecified atom stereocenters. The van der Waals surface area contributed by atoms with Crippen LogP contribution in [0.2, 0.25) is 0 Å². The Kier molecular flexibility index (Phi) is 5.57. The lowest BCUT2D eigenvalue weighted by Gasteiger charge is -2.13. The number of aryl methyl sites for hydroxylation is 1. The summed E-state index contributed by atoms with van der Waals surface area (Å²) < 4.78 is 38.1. The molecule has 2 amide bonds. The number of anilines is 1. The lowest BCUT2D eigenvalue weighted by atomic mass is 10.1. The van der Waals surface area contributed by atoms with E-state index in [0.29, 0.717) is 0 Å². The lowest BCUT2D eigenvalue weighted by molar-refractivity contribution is -0.138. The third-order valence-electron chi connectivity index (χ3n) is 2.65. The van der Waals surface area contributed by atoms with Crippen LogP contribution >= 0.6 is 0 Å². The van der Waals surface area contributed by atoms with Crippen molar-refractivity contribution in [2.75, 3.05) is 11.9 Å². The molecule has 0 aliphatic rings. The van der Waals surface area contributed by atoms with Gasteiger partial charge in [-0.25, -0.2) is 4.79 Å². The molecule has 0 saturated carbocycles. The number of nitrogens with one attached hydrogen (secondary N) is 2. The summed E-state index contributed by atoms with van der Waals surface area (Å²) in [6, 6.07) is 2.80. The molecule has 0 saturated heterocycles. The molecule has 1 aromatic rings. The van der Waals surface area contributed by atoms with Crippen LogP contribution < -0.4 is 10.6 Å². The summed E-state index contributed by atoms with van der Waals surface area (Å²) in [5.41, 5.74) is -0.732. The van der Waals surface area contributed by atoms with Crippen LogP contribution in [-0.4, -0.2) is 23.7 Å². The second kappa shape index (κ2) is 6.96. The summed E-state index contributed by atoms with van der Waals surface area (Å²) in [4.78, 5) is 21.7. The van der Waals surface area contributed by atoms with Gasteiger partial charge >= 0.3 is 18.2 Å². The van der Waals surface area contributed by atoms with E-state index >= 15 is 0 Å². The maximum atomic E-state index is 12.7. The fourth-order valence-corrected chi connectivity index (χ4v) is 1.62. The molecular formula is C13H15F3N2O3. The lowest BCUT2D eigenvalue weighted by Crippen LogP contribution is -2.30. The summed E-state index contributed by atoms with van der Waals surface area (Å²) in [6.07, 6.45) is -4.34. The molecule has 1 aromatic carbocycles. The quantitative estimate of drug-likeness (QED) is 0.732. The van der Waals surface area contributed by atoms with E-state index in [9.17, 15) is 22.8 Å². The second-order valence-electron chi connectivity index (χ2n) is 4.41. The van der Waals surface area contributed by atoms with Crippen LogP contribution in [0.5, 0.6) is 0 Å². The van der Waals surface area contributed by atoms with Crippen LogP contribution in [0.4, 0.5) is 23.7 Å². The highest BCUT2D eigenvalue weighted by molar-refractivity contribution is 5.89. The maximum Gasteiger partial charge on any atom is 0.416 e. The Bertz CT molecular complexity index is 530. The van der Waals surface area contributed by atoms with Gasteiger partial charge in [-0.15, -0.1) is 0 Å². The summed E-state index contributed by atoms with van der Waals surface area (Å²) >= 11 is 0. The first kappa shape index (κ1) is 16.8. The van der Waals surface area contributed by atoms with Crippen molar-refractivity contribution < 1.29 is 27.9 Å². The number of carbonyl (C=O) groups excluding carboxylic acids is 1. The predicted molar refractivity (Wildman–Crippen MR) is 70.1 cm³/mol. The van der Waals surface area contributed by atoms with Crippen LogP contribution in [0.15, 0.2) is 18.2 Å². The van der Waals surface area contributed by atoms with Gasteiger partial charge in [0.05, 0.1) is 5.56 Å². The number of benzene rings is 1. The summed E-state index contributed by atoms with van der Waals surface area (Å²) in [5, 5.41) is 13.0. The van der Waals surface area contributed by atoms with E-state index in [0.717, 1.165) is 6.07 Å². The number of alkyl halides is 3. The molecule has 5 nitrogen and oxygen atoms in total. The molecule has 0 fully saturated rings. The van der Waals surface area contributed by atoms with Gasteiger partial charge in [0, 0.05) is 18.7 Å². The number of amides is 2. The van der Waals surface area contributed by atoms with Crippen LogP contribution in [-0.2, 0) is 11.0 Å². The van der Waals surface area contributed by atoms with Gasteiger partial charge in [-0.05, 0) is 31.0 Å². The Labute approximate surface area is 119 Å². The largest absolute Gasteiger partial charge is 0.481 e. The second-order valence-corrected chi connectivity index (χ2v) is 4.41. The Morgan fingerprint density at radius 3 is 2.52 bits per heavy atom. The highest BCUT2D eigenvalue weighted by atomic mass is 19.4. The Morgan fingerprint density at radius 2 is 1.95 bits per heavy atom. The minimum atomic E-state index is -4.49. The molecule has 0 aliphatic carbocycles. The molecule has 1 rings (SSSR count). The molecule has 0 heterocycles. The highest BCUT2D eigenvalue weighted by Crippen LogP contribution is 2.33. The Morgan fingerprint density at radius 1 is 1.29 bits per heavy atom. The summed E-state index contributed by atoms with van der Waals surface area (Å²) in [6.45, 7) is 1.45. The van der Waals surface area contributed by atoms with Gasteiger partial charge in [0.2, 0.25) is 0 Å². The minimum Gasteiger partial charge on any atom is -0.481 e. The first-order chi connectivity index (χ1) is 9.70. The molecule has 116 valence electrons. The van der Waals surface area contributed by atoms with Crippen molar-refractivity contribution in [2.45, 2.75) is 25.9 Å². The molecule has 3 N–H and O–H groups in total. The van der Waals surface area contributed by atoms with Gasteiger partial charge in [-0.1, -0.05) is 6.07 Å². The number of hydrogen-bond donors (Lipinski definition) is 3. The van der Waals surface area contributed by atoms with Crippen LogP contribution in [0.1, 0.15) is 24.0 Å². The van der Waals surface area contributed by atoms with Crippen LogP contribution in [0.25, 0.3) is 0 Å². The van der Waals surface area contributed by atoms with Gasteiger partial charge in [-0.3, -0.25) is 4.79 Å². The van der Waals surface area contributed by atoms with E-state index in [1.54, 1.807) is 0 Å².